The molecule has 8 heteroatoms. The molecular formula is C13H21BrN4O2S. The molecule has 0 aromatic carbocycles. The average molecular weight is 377 g/mol. The number of nitrogens with one attached hydrogen (secondary N) is 1. The number of piperazine rings is 1. The Morgan fingerprint density at radius 1 is 1.29 bits per heavy atom. The van der Waals surface area contributed by atoms with Crippen molar-refractivity contribution < 1.29 is 8.42 Å². The summed E-state index contributed by atoms with van der Waals surface area (Å²) in [5, 5.41) is 0. The van der Waals surface area contributed by atoms with Crippen LogP contribution in [0.2, 0.25) is 0 Å². The largest absolute Gasteiger partial charge is 0.304 e. The van der Waals surface area contributed by atoms with Crippen LogP contribution in [0.15, 0.2) is 27.8 Å². The molecule has 118 valence electrons. The molecule has 1 aliphatic heterocycles. The molecule has 0 unspecified atom stereocenters. The first-order valence-electron chi connectivity index (χ1n) is 6.98. The maximum Gasteiger partial charge on any atom is 0.242 e. The summed E-state index contributed by atoms with van der Waals surface area (Å²) in [5.41, 5.74) is 0. The highest BCUT2D eigenvalue weighted by molar-refractivity contribution is 9.10. The monoisotopic (exact) mass is 376 g/mol. The van der Waals surface area contributed by atoms with Gasteiger partial charge in [0.2, 0.25) is 10.0 Å². The third-order valence-corrected chi connectivity index (χ3v) is 5.39. The molecule has 1 aliphatic rings. The zero-order valence-corrected chi connectivity index (χ0v) is 14.5. The highest BCUT2D eigenvalue weighted by atomic mass is 79.9. The van der Waals surface area contributed by atoms with Crippen molar-refractivity contribution in [1.82, 2.24) is 19.5 Å². The van der Waals surface area contributed by atoms with Crippen molar-refractivity contribution in [2.75, 3.05) is 46.3 Å². The predicted octanol–water partition coefficient (Wildman–Crippen LogP) is 0.760. The van der Waals surface area contributed by atoms with Crippen LogP contribution < -0.4 is 4.72 Å². The normalized spacial score (nSPS) is 18.0. The van der Waals surface area contributed by atoms with E-state index in [0.29, 0.717) is 11.0 Å². The van der Waals surface area contributed by atoms with Gasteiger partial charge in [0.1, 0.15) is 4.90 Å². The van der Waals surface area contributed by atoms with Crippen LogP contribution in [0.5, 0.6) is 0 Å². The number of sulfonamides is 1. The summed E-state index contributed by atoms with van der Waals surface area (Å²) in [6.45, 7) is 5.64. The van der Waals surface area contributed by atoms with E-state index < -0.39 is 10.0 Å². The van der Waals surface area contributed by atoms with E-state index in [1.165, 1.54) is 6.20 Å². The van der Waals surface area contributed by atoms with Crippen LogP contribution in [0.3, 0.4) is 0 Å². The topological polar surface area (TPSA) is 65.5 Å². The molecule has 0 atom stereocenters. The van der Waals surface area contributed by atoms with Crippen molar-refractivity contribution >= 4 is 26.0 Å². The fourth-order valence-corrected chi connectivity index (χ4v) is 3.78. The van der Waals surface area contributed by atoms with Gasteiger partial charge in [-0.25, -0.2) is 13.1 Å². The van der Waals surface area contributed by atoms with Crippen LogP contribution in [-0.4, -0.2) is 69.5 Å². The first kappa shape index (κ1) is 16.8. The Labute approximate surface area is 134 Å². The van der Waals surface area contributed by atoms with Crippen molar-refractivity contribution in [2.45, 2.75) is 11.3 Å². The van der Waals surface area contributed by atoms with Gasteiger partial charge in [0.25, 0.3) is 0 Å². The molecule has 6 nitrogen and oxygen atoms in total. The first-order valence-corrected chi connectivity index (χ1v) is 9.26. The Morgan fingerprint density at radius 3 is 2.67 bits per heavy atom. The summed E-state index contributed by atoms with van der Waals surface area (Å²) in [4.78, 5) is 8.75. The van der Waals surface area contributed by atoms with Crippen molar-refractivity contribution in [1.29, 1.82) is 0 Å². The Hall–Kier alpha value is -0.540. The Kier molecular flexibility index (Phi) is 6.12. The lowest BCUT2D eigenvalue weighted by Gasteiger charge is -2.32. The Balaban J connectivity index is 1.75. The molecule has 1 N–H and O–H groups in total. The second-order valence-corrected chi connectivity index (χ2v) is 7.92. The molecule has 1 aromatic heterocycles. The Morgan fingerprint density at radius 2 is 2.00 bits per heavy atom. The van der Waals surface area contributed by atoms with Crippen molar-refractivity contribution in [2.24, 2.45) is 0 Å². The van der Waals surface area contributed by atoms with Gasteiger partial charge in [-0.2, -0.15) is 0 Å². The van der Waals surface area contributed by atoms with Gasteiger partial charge >= 0.3 is 0 Å². The van der Waals surface area contributed by atoms with Crippen LogP contribution in [0.25, 0.3) is 0 Å². The molecule has 2 rings (SSSR count). The zero-order chi connectivity index (χ0) is 15.3. The highest BCUT2D eigenvalue weighted by Gasteiger charge is 2.16. The van der Waals surface area contributed by atoms with Crippen molar-refractivity contribution in [3.8, 4) is 0 Å². The third kappa shape index (κ3) is 5.30. The summed E-state index contributed by atoms with van der Waals surface area (Å²) >= 11 is 3.23. The fourth-order valence-electron chi connectivity index (χ4n) is 2.20. The summed E-state index contributed by atoms with van der Waals surface area (Å²) in [6.07, 6.45) is 3.73. The number of halogens is 1. The minimum absolute atomic E-state index is 0.191. The van der Waals surface area contributed by atoms with E-state index in [9.17, 15) is 8.42 Å². The molecule has 1 aromatic rings. The van der Waals surface area contributed by atoms with E-state index in [-0.39, 0.29) is 4.90 Å². The smallest absolute Gasteiger partial charge is 0.242 e. The lowest BCUT2D eigenvalue weighted by Crippen LogP contribution is -2.45. The van der Waals surface area contributed by atoms with Gasteiger partial charge in [-0.05, 0) is 42.0 Å². The lowest BCUT2D eigenvalue weighted by atomic mass is 10.3. The quantitative estimate of drug-likeness (QED) is 0.742. The minimum Gasteiger partial charge on any atom is -0.304 e. The molecule has 0 radical (unpaired) electrons. The molecule has 0 amide bonds. The van der Waals surface area contributed by atoms with Crippen LogP contribution in [0, 0.1) is 0 Å². The van der Waals surface area contributed by atoms with Gasteiger partial charge in [0, 0.05) is 49.6 Å². The molecule has 0 spiro atoms. The average Bonchev–Trinajstić information content (AvgIpc) is 2.45. The molecule has 2 heterocycles. The maximum atomic E-state index is 12.1. The zero-order valence-electron chi connectivity index (χ0n) is 12.1. The van der Waals surface area contributed by atoms with Gasteiger partial charge in [0.05, 0.1) is 0 Å². The molecule has 21 heavy (non-hydrogen) atoms. The van der Waals surface area contributed by atoms with Crippen LogP contribution >= 0.6 is 15.9 Å². The molecule has 0 bridgehead atoms. The lowest BCUT2D eigenvalue weighted by molar-refractivity contribution is 0.153. The fraction of sp³-hybridized carbons (Fsp3) is 0.615. The number of hydrogen-bond donors (Lipinski definition) is 1. The van der Waals surface area contributed by atoms with Crippen molar-refractivity contribution in [3.63, 3.8) is 0 Å². The molecule has 0 saturated carbocycles. The van der Waals surface area contributed by atoms with Gasteiger partial charge in [-0.3, -0.25) is 4.98 Å². The van der Waals surface area contributed by atoms with Crippen LogP contribution in [-0.2, 0) is 10.0 Å². The molecule has 0 aliphatic carbocycles. The number of hydrogen-bond acceptors (Lipinski definition) is 5. The van der Waals surface area contributed by atoms with Gasteiger partial charge in [-0.15, -0.1) is 0 Å². The second kappa shape index (κ2) is 7.64. The molecular weight excluding hydrogens is 356 g/mol. The Bertz CT molecular complexity index is 559. The van der Waals surface area contributed by atoms with Crippen LogP contribution in [0.4, 0.5) is 0 Å². The number of likely N-dealkylation sites (N-methyl/N-ethyl adjacent to an activating group) is 1. The summed E-state index contributed by atoms with van der Waals surface area (Å²) < 4.78 is 27.5. The highest BCUT2D eigenvalue weighted by Crippen LogP contribution is 2.13. The number of rotatable bonds is 6. The van der Waals surface area contributed by atoms with E-state index in [0.717, 1.165) is 39.1 Å². The second-order valence-electron chi connectivity index (χ2n) is 5.24. The van der Waals surface area contributed by atoms with E-state index in [1.54, 1.807) is 12.3 Å². The number of aromatic nitrogens is 1. The van der Waals surface area contributed by atoms with Gasteiger partial charge in [0.15, 0.2) is 0 Å². The first-order chi connectivity index (χ1) is 9.97. The van der Waals surface area contributed by atoms with Crippen molar-refractivity contribution in [3.05, 3.63) is 22.9 Å². The van der Waals surface area contributed by atoms with E-state index in [4.69, 9.17) is 0 Å². The predicted molar refractivity (Wildman–Crippen MR) is 85.7 cm³/mol. The summed E-state index contributed by atoms with van der Waals surface area (Å²) in [6, 6.07) is 1.55. The van der Waals surface area contributed by atoms with Gasteiger partial charge in [-0.1, -0.05) is 0 Å². The number of nitrogens with zero attached hydrogens (tertiary/aromatic N) is 3. The third-order valence-electron chi connectivity index (χ3n) is 3.53. The minimum atomic E-state index is -3.46. The standard InChI is InChI=1S/C13H21BrN4O2S/c1-17-5-7-18(8-6-17)4-2-3-16-21(19,20)13-9-12(14)10-15-11-13/h9-11,16H,2-8H2,1H3. The van der Waals surface area contributed by atoms with Gasteiger partial charge < -0.3 is 9.80 Å². The molecule has 1 fully saturated rings. The molecule has 1 saturated heterocycles. The summed E-state index contributed by atoms with van der Waals surface area (Å²) in [7, 11) is -1.34. The van der Waals surface area contributed by atoms with E-state index >= 15 is 0 Å². The van der Waals surface area contributed by atoms with E-state index in [2.05, 4.69) is 42.5 Å². The SMILES string of the molecule is CN1CCN(CCCNS(=O)(=O)c2cncc(Br)c2)CC1. The maximum absolute atomic E-state index is 12.1. The number of pyridine rings is 1. The van der Waals surface area contributed by atoms with Crippen LogP contribution in [0.1, 0.15) is 6.42 Å². The van der Waals surface area contributed by atoms with E-state index in [1.807, 2.05) is 0 Å². The summed E-state index contributed by atoms with van der Waals surface area (Å²) in [5.74, 6) is 0.